The zero-order valence-electron chi connectivity index (χ0n) is 10.4. The normalized spacial score (nSPS) is 30.5. The zero-order chi connectivity index (χ0) is 10.7. The molecule has 1 unspecified atom stereocenters. The standard InChI is InChI=1S/C13H27NS/c1-3-12(2)14-13-6-10-15(11-7-13)8-4-5-9-15/h12-14H,3-11H2,1-2H3. The molecule has 0 bridgehead atoms. The predicted molar refractivity (Wildman–Crippen MR) is 72.2 cm³/mol. The lowest BCUT2D eigenvalue weighted by Gasteiger charge is -2.43. The van der Waals surface area contributed by atoms with Gasteiger partial charge in [-0.15, -0.1) is 0 Å². The lowest BCUT2D eigenvalue weighted by atomic mass is 10.1. The fourth-order valence-corrected chi connectivity index (χ4v) is 7.47. The Labute approximate surface area is 96.7 Å². The van der Waals surface area contributed by atoms with Crippen LogP contribution in [-0.4, -0.2) is 35.1 Å². The van der Waals surface area contributed by atoms with Crippen molar-refractivity contribution in [2.45, 2.75) is 58.0 Å². The number of hydrogen-bond acceptors (Lipinski definition) is 1. The van der Waals surface area contributed by atoms with Gasteiger partial charge in [0.1, 0.15) is 0 Å². The van der Waals surface area contributed by atoms with Crippen molar-refractivity contribution in [1.82, 2.24) is 5.32 Å². The molecule has 1 atom stereocenters. The van der Waals surface area contributed by atoms with E-state index in [0.29, 0.717) is 0 Å². The summed E-state index contributed by atoms with van der Waals surface area (Å²) >= 11 is 0. The van der Waals surface area contributed by atoms with Crippen molar-refractivity contribution < 1.29 is 0 Å². The van der Waals surface area contributed by atoms with Crippen LogP contribution in [0.1, 0.15) is 46.0 Å². The topological polar surface area (TPSA) is 12.0 Å². The summed E-state index contributed by atoms with van der Waals surface area (Å²) in [6.45, 7) is 4.61. The molecule has 2 saturated heterocycles. The third-order valence-electron chi connectivity index (χ3n) is 4.34. The number of rotatable bonds is 3. The number of hydrogen-bond donors (Lipinski definition) is 1. The van der Waals surface area contributed by atoms with Gasteiger partial charge in [0.2, 0.25) is 0 Å². The quantitative estimate of drug-likeness (QED) is 0.784. The van der Waals surface area contributed by atoms with Gasteiger partial charge in [0.25, 0.3) is 0 Å². The Balaban J connectivity index is 1.76. The van der Waals surface area contributed by atoms with Crippen molar-refractivity contribution in [2.75, 3.05) is 23.0 Å². The maximum Gasteiger partial charge on any atom is 0.00841 e. The van der Waals surface area contributed by atoms with Gasteiger partial charge in [-0.1, -0.05) is 6.92 Å². The highest BCUT2D eigenvalue weighted by molar-refractivity contribution is 8.33. The van der Waals surface area contributed by atoms with Gasteiger partial charge in [-0.3, -0.25) is 0 Å². The Morgan fingerprint density at radius 3 is 2.27 bits per heavy atom. The molecule has 0 aromatic heterocycles. The van der Waals surface area contributed by atoms with E-state index in [9.17, 15) is 0 Å². The van der Waals surface area contributed by atoms with Crippen molar-refractivity contribution in [3.63, 3.8) is 0 Å². The summed E-state index contributed by atoms with van der Waals surface area (Å²) < 4.78 is 0. The molecule has 90 valence electrons. The average molecular weight is 229 g/mol. The summed E-state index contributed by atoms with van der Waals surface area (Å²) in [5.74, 6) is 6.40. The van der Waals surface area contributed by atoms with Crippen molar-refractivity contribution in [1.29, 1.82) is 0 Å². The molecule has 2 heteroatoms. The second kappa shape index (κ2) is 5.09. The molecule has 2 aliphatic rings. The molecule has 0 aromatic rings. The van der Waals surface area contributed by atoms with Gasteiger partial charge in [0, 0.05) is 12.1 Å². The molecule has 15 heavy (non-hydrogen) atoms. The fourth-order valence-electron chi connectivity index (χ4n) is 3.04. The summed E-state index contributed by atoms with van der Waals surface area (Å²) in [6, 6.07) is 1.57. The van der Waals surface area contributed by atoms with Crippen molar-refractivity contribution in [3.8, 4) is 0 Å². The Morgan fingerprint density at radius 2 is 1.73 bits per heavy atom. The summed E-state index contributed by atoms with van der Waals surface area (Å²) in [5, 5.41) is 3.79. The van der Waals surface area contributed by atoms with Crippen LogP contribution < -0.4 is 5.32 Å². The van der Waals surface area contributed by atoms with Crippen LogP contribution in [0.4, 0.5) is 0 Å². The molecule has 2 rings (SSSR count). The van der Waals surface area contributed by atoms with E-state index in [0.717, 1.165) is 12.1 Å². The molecule has 1 spiro atoms. The van der Waals surface area contributed by atoms with Gasteiger partial charge < -0.3 is 5.32 Å². The Bertz CT molecular complexity index is 189. The second-order valence-corrected chi connectivity index (χ2v) is 9.58. The van der Waals surface area contributed by atoms with E-state index >= 15 is 0 Å². The SMILES string of the molecule is CCC(C)NC1CCS2(CCCC2)CC1. The largest absolute Gasteiger partial charge is 0.311 e. The average Bonchev–Trinajstić information content (AvgIpc) is 2.70. The molecule has 1 N–H and O–H groups in total. The molecule has 1 nitrogen and oxygen atoms in total. The monoisotopic (exact) mass is 229 g/mol. The first-order valence-electron chi connectivity index (χ1n) is 6.74. The molecule has 0 saturated carbocycles. The summed E-state index contributed by atoms with van der Waals surface area (Å²) in [6.07, 6.45) is 7.30. The van der Waals surface area contributed by atoms with Crippen LogP contribution in [0.5, 0.6) is 0 Å². The minimum atomic E-state index is -0.0778. The fraction of sp³-hybridized carbons (Fsp3) is 1.00. The van der Waals surface area contributed by atoms with E-state index in [4.69, 9.17) is 0 Å². The van der Waals surface area contributed by atoms with Crippen LogP contribution in [0.15, 0.2) is 0 Å². The maximum atomic E-state index is 3.79. The Hall–Kier alpha value is 0.310. The zero-order valence-corrected chi connectivity index (χ0v) is 11.2. The van der Waals surface area contributed by atoms with E-state index < -0.39 is 0 Å². The van der Waals surface area contributed by atoms with Crippen LogP contribution in [0, 0.1) is 0 Å². The Kier molecular flexibility index (Phi) is 4.00. The summed E-state index contributed by atoms with van der Waals surface area (Å²) in [5.41, 5.74) is 0. The highest BCUT2D eigenvalue weighted by Gasteiger charge is 2.33. The van der Waals surface area contributed by atoms with Gasteiger partial charge >= 0.3 is 0 Å². The summed E-state index contributed by atoms with van der Waals surface area (Å²) in [7, 11) is -0.0778. The minimum absolute atomic E-state index is 0.0778. The smallest absolute Gasteiger partial charge is 0.00841 e. The molecule has 0 amide bonds. The van der Waals surface area contributed by atoms with E-state index in [-0.39, 0.29) is 10.0 Å². The van der Waals surface area contributed by atoms with E-state index in [1.165, 1.54) is 19.3 Å². The Morgan fingerprint density at radius 1 is 1.13 bits per heavy atom. The minimum Gasteiger partial charge on any atom is -0.311 e. The highest BCUT2D eigenvalue weighted by Crippen LogP contribution is 2.57. The van der Waals surface area contributed by atoms with Gasteiger partial charge in [0.05, 0.1) is 0 Å². The molecular formula is C13H27NS. The molecule has 2 heterocycles. The molecular weight excluding hydrogens is 202 g/mol. The van der Waals surface area contributed by atoms with Crippen molar-refractivity contribution >= 4 is 10.0 Å². The van der Waals surface area contributed by atoms with Crippen molar-refractivity contribution in [2.24, 2.45) is 0 Å². The van der Waals surface area contributed by atoms with Crippen LogP contribution in [0.25, 0.3) is 0 Å². The van der Waals surface area contributed by atoms with Gasteiger partial charge in [-0.25, -0.2) is 10.0 Å². The lowest BCUT2D eigenvalue weighted by molar-refractivity contribution is 0.414. The molecule has 0 aliphatic carbocycles. The third-order valence-corrected chi connectivity index (χ3v) is 8.85. The van der Waals surface area contributed by atoms with Crippen LogP contribution in [-0.2, 0) is 0 Å². The maximum absolute atomic E-state index is 3.79. The third kappa shape index (κ3) is 2.91. The van der Waals surface area contributed by atoms with E-state index in [1.807, 2.05) is 0 Å². The lowest BCUT2D eigenvalue weighted by Crippen LogP contribution is -2.41. The number of nitrogens with one attached hydrogen (secondary N) is 1. The van der Waals surface area contributed by atoms with Gasteiger partial charge in [-0.05, 0) is 62.0 Å². The van der Waals surface area contributed by atoms with Crippen LogP contribution >= 0.6 is 10.0 Å². The molecule has 0 radical (unpaired) electrons. The molecule has 2 aliphatic heterocycles. The molecule has 2 fully saturated rings. The second-order valence-electron chi connectivity index (χ2n) is 5.50. The van der Waals surface area contributed by atoms with Crippen LogP contribution in [0.2, 0.25) is 0 Å². The summed E-state index contributed by atoms with van der Waals surface area (Å²) in [4.78, 5) is 0. The highest BCUT2D eigenvalue weighted by atomic mass is 32.3. The van der Waals surface area contributed by atoms with Crippen molar-refractivity contribution in [3.05, 3.63) is 0 Å². The molecule has 0 aromatic carbocycles. The first-order chi connectivity index (χ1) is 7.24. The van der Waals surface area contributed by atoms with Crippen LogP contribution in [0.3, 0.4) is 0 Å². The first-order valence-corrected chi connectivity index (χ1v) is 9.05. The van der Waals surface area contributed by atoms with Gasteiger partial charge in [-0.2, -0.15) is 0 Å². The van der Waals surface area contributed by atoms with Gasteiger partial charge in [0.15, 0.2) is 0 Å². The van der Waals surface area contributed by atoms with E-state index in [1.54, 1.807) is 35.9 Å². The first kappa shape index (κ1) is 11.8. The predicted octanol–water partition coefficient (Wildman–Crippen LogP) is 3.14. The van der Waals surface area contributed by atoms with E-state index in [2.05, 4.69) is 19.2 Å².